The Labute approximate surface area is 195 Å². The summed E-state index contributed by atoms with van der Waals surface area (Å²) in [5.74, 6) is 0.287. The Morgan fingerprint density at radius 1 is 0.733 bits per heavy atom. The number of aromatic nitrogens is 3. The SMILES string of the molecule is O=C(CSc1nnc(-c2ccc(Br)cc2)c(-c2ccc(Br)cc2)n1)c1ccccc1. The Bertz CT molecular complexity index is 1170. The van der Waals surface area contributed by atoms with Crippen LogP contribution in [0, 0.1) is 0 Å². The first kappa shape index (κ1) is 20.9. The monoisotopic (exact) mass is 539 g/mol. The van der Waals surface area contributed by atoms with Crippen molar-refractivity contribution in [2.45, 2.75) is 5.16 Å². The van der Waals surface area contributed by atoms with Gasteiger partial charge >= 0.3 is 0 Å². The van der Waals surface area contributed by atoms with Crippen LogP contribution in [0.5, 0.6) is 0 Å². The van der Waals surface area contributed by atoms with E-state index in [2.05, 4.69) is 42.1 Å². The minimum atomic E-state index is 0.0337. The van der Waals surface area contributed by atoms with Crippen LogP contribution >= 0.6 is 43.6 Å². The van der Waals surface area contributed by atoms with Crippen molar-refractivity contribution >= 4 is 49.4 Å². The fraction of sp³-hybridized carbons (Fsp3) is 0.0435. The quantitative estimate of drug-likeness (QED) is 0.201. The van der Waals surface area contributed by atoms with Crippen molar-refractivity contribution in [3.63, 3.8) is 0 Å². The number of benzene rings is 3. The number of nitrogens with zero attached hydrogens (tertiary/aromatic N) is 3. The van der Waals surface area contributed by atoms with Crippen LogP contribution in [0.1, 0.15) is 10.4 Å². The summed E-state index contributed by atoms with van der Waals surface area (Å²) in [6, 6.07) is 25.0. The summed E-state index contributed by atoms with van der Waals surface area (Å²) in [5, 5.41) is 9.20. The topological polar surface area (TPSA) is 55.7 Å². The standard InChI is InChI=1S/C23H15Br2N3OS/c24-18-10-6-16(7-11-18)21-22(17-8-12-19(25)13-9-17)27-28-23(26-21)30-14-20(29)15-4-2-1-3-5-15/h1-13H,14H2. The number of ketones is 1. The first-order chi connectivity index (χ1) is 14.6. The van der Waals surface area contributed by atoms with Crippen molar-refractivity contribution < 1.29 is 4.79 Å². The lowest BCUT2D eigenvalue weighted by atomic mass is 10.0. The molecule has 0 atom stereocenters. The first-order valence-corrected chi connectivity index (χ1v) is 11.6. The smallest absolute Gasteiger partial charge is 0.210 e. The zero-order valence-electron chi connectivity index (χ0n) is 15.6. The molecule has 1 aromatic heterocycles. The third-order valence-electron chi connectivity index (χ3n) is 4.33. The van der Waals surface area contributed by atoms with Gasteiger partial charge in [0.15, 0.2) is 5.78 Å². The molecule has 148 valence electrons. The van der Waals surface area contributed by atoms with E-state index >= 15 is 0 Å². The molecular formula is C23H15Br2N3OS. The summed E-state index contributed by atoms with van der Waals surface area (Å²) in [7, 11) is 0. The highest BCUT2D eigenvalue weighted by molar-refractivity contribution is 9.10. The zero-order valence-corrected chi connectivity index (χ0v) is 19.6. The van der Waals surface area contributed by atoms with Crippen molar-refractivity contribution in [1.29, 1.82) is 0 Å². The van der Waals surface area contributed by atoms with Gasteiger partial charge in [-0.1, -0.05) is 98.2 Å². The van der Waals surface area contributed by atoms with Crippen molar-refractivity contribution in [2.75, 3.05) is 5.75 Å². The third-order valence-corrected chi connectivity index (χ3v) is 6.23. The van der Waals surface area contributed by atoms with Gasteiger partial charge in [0.2, 0.25) is 5.16 Å². The Balaban J connectivity index is 1.66. The number of rotatable bonds is 6. The summed E-state index contributed by atoms with van der Waals surface area (Å²) in [5.41, 5.74) is 3.96. The molecule has 4 nitrogen and oxygen atoms in total. The fourth-order valence-electron chi connectivity index (χ4n) is 2.82. The highest BCUT2D eigenvalue weighted by atomic mass is 79.9. The van der Waals surface area contributed by atoms with Crippen LogP contribution in [0.25, 0.3) is 22.5 Å². The Morgan fingerprint density at radius 3 is 1.90 bits per heavy atom. The second kappa shape index (κ2) is 9.64. The molecule has 0 saturated carbocycles. The van der Waals surface area contributed by atoms with Gasteiger partial charge in [-0.2, -0.15) is 0 Å². The number of carbonyl (C=O) groups is 1. The van der Waals surface area contributed by atoms with Crippen LogP contribution < -0.4 is 0 Å². The fourth-order valence-corrected chi connectivity index (χ4v) is 4.03. The minimum absolute atomic E-state index is 0.0337. The maximum atomic E-state index is 12.4. The number of hydrogen-bond donors (Lipinski definition) is 0. The molecule has 0 bridgehead atoms. The number of Topliss-reactive ketones (excluding diaryl/α,β-unsaturated/α-hetero) is 1. The van der Waals surface area contributed by atoms with Crippen LogP contribution in [0.2, 0.25) is 0 Å². The van der Waals surface area contributed by atoms with E-state index in [1.54, 1.807) is 0 Å². The van der Waals surface area contributed by atoms with E-state index in [1.807, 2.05) is 78.9 Å². The van der Waals surface area contributed by atoms with E-state index in [4.69, 9.17) is 4.98 Å². The molecule has 1 heterocycles. The van der Waals surface area contributed by atoms with E-state index in [1.165, 1.54) is 11.8 Å². The lowest BCUT2D eigenvalue weighted by Crippen LogP contribution is -2.04. The summed E-state index contributed by atoms with van der Waals surface area (Å²) in [6.45, 7) is 0. The lowest BCUT2D eigenvalue weighted by molar-refractivity contribution is 0.102. The van der Waals surface area contributed by atoms with Gasteiger partial charge in [-0.3, -0.25) is 4.79 Å². The van der Waals surface area contributed by atoms with Gasteiger partial charge in [0.1, 0.15) is 11.4 Å². The molecule has 30 heavy (non-hydrogen) atoms. The molecule has 0 radical (unpaired) electrons. The van der Waals surface area contributed by atoms with Crippen LogP contribution in [0.15, 0.2) is 93.0 Å². The predicted octanol–water partition coefficient (Wildman–Crippen LogP) is 6.71. The number of hydrogen-bond acceptors (Lipinski definition) is 5. The average molecular weight is 541 g/mol. The van der Waals surface area contributed by atoms with E-state index in [-0.39, 0.29) is 11.5 Å². The van der Waals surface area contributed by atoms with Crippen molar-refractivity contribution in [2.24, 2.45) is 0 Å². The molecule has 0 saturated heterocycles. The highest BCUT2D eigenvalue weighted by Gasteiger charge is 2.15. The molecule has 0 N–H and O–H groups in total. The number of carbonyl (C=O) groups excluding carboxylic acids is 1. The number of thioether (sulfide) groups is 1. The van der Waals surface area contributed by atoms with E-state index in [0.717, 1.165) is 25.8 Å². The van der Waals surface area contributed by atoms with Crippen molar-refractivity contribution in [3.8, 4) is 22.5 Å². The van der Waals surface area contributed by atoms with Crippen LogP contribution in [-0.2, 0) is 0 Å². The molecule has 0 aliphatic carbocycles. The molecule has 0 spiro atoms. The Kier molecular flexibility index (Phi) is 6.72. The van der Waals surface area contributed by atoms with Crippen LogP contribution in [0.3, 0.4) is 0 Å². The van der Waals surface area contributed by atoms with Gasteiger partial charge in [0, 0.05) is 25.6 Å². The van der Waals surface area contributed by atoms with Crippen LogP contribution in [0.4, 0.5) is 0 Å². The van der Waals surface area contributed by atoms with E-state index < -0.39 is 0 Å². The summed E-state index contributed by atoms with van der Waals surface area (Å²) < 4.78 is 1.98. The molecule has 0 unspecified atom stereocenters. The molecular weight excluding hydrogens is 526 g/mol. The second-order valence-corrected chi connectivity index (χ2v) is 9.16. The Hall–Kier alpha value is -2.35. The molecule has 0 fully saturated rings. The van der Waals surface area contributed by atoms with Gasteiger partial charge < -0.3 is 0 Å². The number of halogens is 2. The van der Waals surface area contributed by atoms with Gasteiger partial charge in [0.05, 0.1) is 5.75 Å². The predicted molar refractivity (Wildman–Crippen MR) is 128 cm³/mol. The lowest BCUT2D eigenvalue weighted by Gasteiger charge is -2.10. The van der Waals surface area contributed by atoms with Crippen molar-refractivity contribution in [3.05, 3.63) is 93.4 Å². The first-order valence-electron chi connectivity index (χ1n) is 9.08. The average Bonchev–Trinajstić information content (AvgIpc) is 2.79. The molecule has 0 aliphatic heterocycles. The maximum Gasteiger partial charge on any atom is 0.210 e. The molecule has 0 amide bonds. The summed E-state index contributed by atoms with van der Waals surface area (Å²) >= 11 is 8.22. The minimum Gasteiger partial charge on any atom is -0.293 e. The van der Waals surface area contributed by atoms with Crippen molar-refractivity contribution in [1.82, 2.24) is 15.2 Å². The summed E-state index contributed by atoms with van der Waals surface area (Å²) in [4.78, 5) is 17.2. The summed E-state index contributed by atoms with van der Waals surface area (Å²) in [6.07, 6.45) is 0. The Morgan fingerprint density at radius 2 is 1.30 bits per heavy atom. The normalized spacial score (nSPS) is 10.7. The zero-order chi connectivity index (χ0) is 20.9. The van der Waals surface area contributed by atoms with Gasteiger partial charge in [-0.25, -0.2) is 4.98 Å². The maximum absolute atomic E-state index is 12.4. The van der Waals surface area contributed by atoms with Gasteiger partial charge in [0.25, 0.3) is 0 Å². The van der Waals surface area contributed by atoms with Crippen LogP contribution in [-0.4, -0.2) is 26.7 Å². The molecule has 7 heteroatoms. The molecule has 3 aromatic carbocycles. The van der Waals surface area contributed by atoms with E-state index in [9.17, 15) is 4.79 Å². The molecule has 4 rings (SSSR count). The van der Waals surface area contributed by atoms with Gasteiger partial charge in [-0.05, 0) is 24.3 Å². The third kappa shape index (κ3) is 5.03. The second-order valence-electron chi connectivity index (χ2n) is 6.38. The van der Waals surface area contributed by atoms with Gasteiger partial charge in [-0.15, -0.1) is 10.2 Å². The highest BCUT2D eigenvalue weighted by Crippen LogP contribution is 2.31. The van der Waals surface area contributed by atoms with E-state index in [0.29, 0.717) is 16.4 Å². The molecule has 0 aliphatic rings. The molecule has 4 aromatic rings. The largest absolute Gasteiger partial charge is 0.293 e.